The number of rotatable bonds is 19. The first-order valence-corrected chi connectivity index (χ1v) is 16.9. The van der Waals surface area contributed by atoms with Crippen LogP contribution >= 0.6 is 0 Å². The van der Waals surface area contributed by atoms with Crippen LogP contribution in [-0.4, -0.2) is 71.8 Å². The van der Waals surface area contributed by atoms with Gasteiger partial charge in [-0.05, 0) is 65.7 Å². The summed E-state index contributed by atoms with van der Waals surface area (Å²) in [7, 11) is 0. The smallest absolute Gasteiger partial charge is 0.319 e. The van der Waals surface area contributed by atoms with Crippen molar-refractivity contribution in [2.24, 2.45) is 11.1 Å². The van der Waals surface area contributed by atoms with Crippen LogP contribution in [0.1, 0.15) is 73.3 Å². The fourth-order valence-corrected chi connectivity index (χ4v) is 4.42. The molecular formula is C36H44F5N5O10. The molecule has 0 unspecified atom stereocenters. The molecule has 0 fully saturated rings. The van der Waals surface area contributed by atoms with Crippen LogP contribution in [0.3, 0.4) is 0 Å². The van der Waals surface area contributed by atoms with Gasteiger partial charge in [-0.15, -0.1) is 0 Å². The minimum atomic E-state index is -2.42. The number of nitrogens with two attached hydrogens (primary N) is 1. The minimum Gasteiger partial charge on any atom is -0.461 e. The van der Waals surface area contributed by atoms with E-state index < -0.39 is 118 Å². The van der Waals surface area contributed by atoms with Gasteiger partial charge < -0.3 is 41.2 Å². The summed E-state index contributed by atoms with van der Waals surface area (Å²) in [6, 6.07) is 2.35. The standard InChI is InChI=1S/C36H44F5N5O10/c1-17(31(50)44-18(2)32(51)46-22(14-23(42)48)33(52)45-21-10-8-20(9-11-21)15-54-19(3)47)43-24(49)12-13-36(6,7)55-16-35(4,5)34(53)56-30-28(40)26(38)25(37)27(39)29(30)41/h8-11,17-18,22H,12-16H2,1-7H3,(H2,42,48)(H,43,49)(H,44,50)(H,45,52)(H,46,51)/t17-,18-,22-/m0/s1. The van der Waals surface area contributed by atoms with Crippen molar-refractivity contribution in [1.82, 2.24) is 16.0 Å². The molecule has 0 bridgehead atoms. The summed E-state index contributed by atoms with van der Waals surface area (Å²) in [5.74, 6) is -19.2. The Bertz CT molecular complexity index is 1800. The van der Waals surface area contributed by atoms with Gasteiger partial charge in [-0.25, -0.2) is 13.2 Å². The Morgan fingerprint density at radius 1 is 0.750 bits per heavy atom. The average molecular weight is 802 g/mol. The van der Waals surface area contributed by atoms with Crippen LogP contribution in [0.4, 0.5) is 27.6 Å². The molecule has 2 aromatic carbocycles. The Labute approximate surface area is 318 Å². The maximum atomic E-state index is 14.0. The monoisotopic (exact) mass is 801 g/mol. The topological polar surface area (TPSA) is 221 Å². The first-order valence-electron chi connectivity index (χ1n) is 16.9. The van der Waals surface area contributed by atoms with Crippen LogP contribution in [0, 0.1) is 34.5 Å². The molecule has 2 aromatic rings. The van der Waals surface area contributed by atoms with Crippen molar-refractivity contribution in [3.05, 3.63) is 58.9 Å². The van der Waals surface area contributed by atoms with Crippen LogP contribution < -0.4 is 31.7 Å². The van der Waals surface area contributed by atoms with Gasteiger partial charge >= 0.3 is 11.9 Å². The lowest BCUT2D eigenvalue weighted by molar-refractivity contribution is -0.152. The summed E-state index contributed by atoms with van der Waals surface area (Å²) >= 11 is 0. The second kappa shape index (κ2) is 19.8. The fourth-order valence-electron chi connectivity index (χ4n) is 4.42. The second-order valence-corrected chi connectivity index (χ2v) is 13.9. The molecule has 15 nitrogen and oxygen atoms in total. The number of benzene rings is 2. The van der Waals surface area contributed by atoms with Gasteiger partial charge in [0, 0.05) is 19.0 Å². The molecule has 0 aliphatic carbocycles. The lowest BCUT2D eigenvalue weighted by Gasteiger charge is -2.30. The Morgan fingerprint density at radius 3 is 1.80 bits per heavy atom. The molecule has 308 valence electrons. The first-order chi connectivity index (χ1) is 25.8. The van der Waals surface area contributed by atoms with Crippen LogP contribution in [0.2, 0.25) is 0 Å². The van der Waals surface area contributed by atoms with E-state index in [1.165, 1.54) is 60.6 Å². The molecule has 0 saturated carbocycles. The van der Waals surface area contributed by atoms with Gasteiger partial charge in [-0.2, -0.15) is 8.78 Å². The fraction of sp³-hybridized carbons (Fsp3) is 0.472. The summed E-state index contributed by atoms with van der Waals surface area (Å²) < 4.78 is 83.5. The zero-order valence-corrected chi connectivity index (χ0v) is 31.6. The molecule has 20 heteroatoms. The quantitative estimate of drug-likeness (QED) is 0.0460. The van der Waals surface area contributed by atoms with E-state index in [1.807, 2.05) is 0 Å². The number of nitrogens with one attached hydrogen (secondary N) is 4. The number of amides is 5. The lowest BCUT2D eigenvalue weighted by atomic mass is 9.94. The number of anilines is 1. The highest BCUT2D eigenvalue weighted by Gasteiger charge is 2.37. The number of halogens is 5. The third-order valence-electron chi connectivity index (χ3n) is 7.92. The van der Waals surface area contributed by atoms with Crippen molar-refractivity contribution >= 4 is 47.2 Å². The van der Waals surface area contributed by atoms with Crippen LogP contribution in [0.5, 0.6) is 5.75 Å². The largest absolute Gasteiger partial charge is 0.461 e. The molecule has 0 heterocycles. The highest BCUT2D eigenvalue weighted by Crippen LogP contribution is 2.32. The highest BCUT2D eigenvalue weighted by molar-refractivity contribution is 6.00. The summed E-state index contributed by atoms with van der Waals surface area (Å²) in [4.78, 5) is 86.5. The van der Waals surface area contributed by atoms with Crippen molar-refractivity contribution in [1.29, 1.82) is 0 Å². The average Bonchev–Trinajstić information content (AvgIpc) is 3.12. The molecule has 0 aliphatic heterocycles. The van der Waals surface area contributed by atoms with E-state index in [0.29, 0.717) is 11.3 Å². The Kier molecular flexibility index (Phi) is 16.4. The van der Waals surface area contributed by atoms with E-state index in [9.17, 15) is 55.5 Å². The van der Waals surface area contributed by atoms with Gasteiger partial charge in [0.05, 0.1) is 24.0 Å². The van der Waals surface area contributed by atoms with Gasteiger partial charge in [0.2, 0.25) is 64.4 Å². The van der Waals surface area contributed by atoms with Gasteiger partial charge in [-0.1, -0.05) is 12.1 Å². The number of carbonyl (C=O) groups is 7. The summed E-state index contributed by atoms with van der Waals surface area (Å²) in [6.07, 6.45) is -0.777. The predicted octanol–water partition coefficient (Wildman–Crippen LogP) is 2.96. The molecule has 3 atom stereocenters. The maximum Gasteiger partial charge on any atom is 0.319 e. The summed E-state index contributed by atoms with van der Waals surface area (Å²) in [5.41, 5.74) is 3.41. The van der Waals surface area contributed by atoms with Gasteiger partial charge in [-0.3, -0.25) is 33.6 Å². The van der Waals surface area contributed by atoms with Gasteiger partial charge in [0.15, 0.2) is 0 Å². The van der Waals surface area contributed by atoms with Crippen molar-refractivity contribution in [3.8, 4) is 5.75 Å². The zero-order chi connectivity index (χ0) is 42.7. The van der Waals surface area contributed by atoms with Gasteiger partial charge in [0.1, 0.15) is 24.7 Å². The molecule has 0 spiro atoms. The predicted molar refractivity (Wildman–Crippen MR) is 186 cm³/mol. The van der Waals surface area contributed by atoms with E-state index in [1.54, 1.807) is 12.1 Å². The SMILES string of the molecule is CC(=O)OCc1ccc(NC(=O)[C@H](CC(N)=O)NC(=O)[C@H](C)NC(=O)[C@H](C)NC(=O)CCC(C)(C)OCC(C)(C)C(=O)Oc2c(F)c(F)c(F)c(F)c2F)cc1. The number of ether oxygens (including phenoxy) is 3. The third-order valence-corrected chi connectivity index (χ3v) is 7.92. The molecule has 0 radical (unpaired) electrons. The minimum absolute atomic E-state index is 0.0104. The Hall–Kier alpha value is -5.66. The Balaban J connectivity index is 1.89. The van der Waals surface area contributed by atoms with Crippen molar-refractivity contribution in [2.75, 3.05) is 11.9 Å². The van der Waals surface area contributed by atoms with Crippen LogP contribution in [0.25, 0.3) is 0 Å². The first kappa shape index (κ1) is 46.5. The molecule has 56 heavy (non-hydrogen) atoms. The molecule has 5 amide bonds. The molecule has 0 aliphatic rings. The number of carbonyl (C=O) groups excluding carboxylic acids is 7. The second-order valence-electron chi connectivity index (χ2n) is 13.9. The number of hydrogen-bond donors (Lipinski definition) is 5. The number of primary amides is 1. The van der Waals surface area contributed by atoms with Crippen LogP contribution in [0.15, 0.2) is 24.3 Å². The molecule has 2 rings (SSSR count). The zero-order valence-electron chi connectivity index (χ0n) is 31.6. The highest BCUT2D eigenvalue weighted by atomic mass is 19.2. The molecule has 6 N–H and O–H groups in total. The Morgan fingerprint density at radius 2 is 1.27 bits per heavy atom. The van der Waals surface area contributed by atoms with Crippen molar-refractivity contribution in [3.63, 3.8) is 0 Å². The normalized spacial score (nSPS) is 13.1. The van der Waals surface area contributed by atoms with Gasteiger partial charge in [0.25, 0.3) is 0 Å². The van der Waals surface area contributed by atoms with Crippen molar-refractivity contribution < 1.29 is 69.7 Å². The molecular weight excluding hydrogens is 757 g/mol. The number of hydrogen-bond acceptors (Lipinski definition) is 10. The van der Waals surface area contributed by atoms with E-state index in [4.69, 9.17) is 15.2 Å². The summed E-state index contributed by atoms with van der Waals surface area (Å²) in [6.45, 7) is 8.97. The maximum absolute atomic E-state index is 14.0. The van der Waals surface area contributed by atoms with Crippen LogP contribution in [-0.2, 0) is 49.6 Å². The van der Waals surface area contributed by atoms with E-state index >= 15 is 0 Å². The van der Waals surface area contributed by atoms with E-state index in [2.05, 4.69) is 26.0 Å². The van der Waals surface area contributed by atoms with E-state index in [0.717, 1.165) is 0 Å². The summed E-state index contributed by atoms with van der Waals surface area (Å²) in [5, 5.41) is 9.72. The third kappa shape index (κ3) is 13.9. The lowest BCUT2D eigenvalue weighted by Crippen LogP contribution is -2.55. The van der Waals surface area contributed by atoms with Crippen molar-refractivity contribution in [2.45, 2.75) is 98.1 Å². The molecule has 0 saturated heterocycles. The number of esters is 2. The van der Waals surface area contributed by atoms with E-state index in [-0.39, 0.29) is 19.4 Å². The molecule has 0 aromatic heterocycles.